The topological polar surface area (TPSA) is 72.7 Å². The molecular weight excluding hydrogens is 428 g/mol. The third kappa shape index (κ3) is 4.40. The molecule has 7 heteroatoms. The van der Waals surface area contributed by atoms with Crippen LogP contribution in [0.2, 0.25) is 0 Å². The number of benzene rings is 2. The van der Waals surface area contributed by atoms with Crippen molar-refractivity contribution in [1.29, 1.82) is 0 Å². The van der Waals surface area contributed by atoms with Crippen molar-refractivity contribution in [3.05, 3.63) is 49.0 Å². The van der Waals surface area contributed by atoms with E-state index in [-0.39, 0.29) is 0 Å². The summed E-state index contributed by atoms with van der Waals surface area (Å²) in [7, 11) is 1.67. The normalized spacial score (nSPS) is 18.9. The molecule has 3 heterocycles. The van der Waals surface area contributed by atoms with Gasteiger partial charge in [0.05, 0.1) is 31.2 Å². The van der Waals surface area contributed by atoms with Crippen LogP contribution in [-0.4, -0.2) is 47.7 Å². The van der Waals surface area contributed by atoms with Gasteiger partial charge < -0.3 is 24.1 Å². The third-order valence-electron chi connectivity index (χ3n) is 6.97. The predicted molar refractivity (Wildman–Crippen MR) is 135 cm³/mol. The zero-order chi connectivity index (χ0) is 23.5. The van der Waals surface area contributed by atoms with Crippen LogP contribution in [0.15, 0.2) is 53.4 Å². The number of nitrogens with one attached hydrogen (secondary N) is 1. The van der Waals surface area contributed by atoms with E-state index in [0.717, 1.165) is 52.8 Å². The lowest BCUT2D eigenvalue weighted by Gasteiger charge is -2.38. The van der Waals surface area contributed by atoms with Crippen molar-refractivity contribution in [2.24, 2.45) is 5.92 Å². The summed E-state index contributed by atoms with van der Waals surface area (Å²) in [5.41, 5.74) is 2.56. The summed E-state index contributed by atoms with van der Waals surface area (Å²) in [6.07, 6.45) is 6.78. The molecule has 1 saturated heterocycles. The van der Waals surface area contributed by atoms with E-state index >= 15 is 0 Å². The van der Waals surface area contributed by atoms with Gasteiger partial charge in [-0.15, -0.1) is 0 Å². The SMILES string of the molecule is CCC1CC(COc2cc3ncnc(Nc4cccc5occc45)c3cc2OC)CCN1CC. The van der Waals surface area contributed by atoms with Crippen LogP contribution in [0.5, 0.6) is 11.5 Å². The molecule has 2 aromatic carbocycles. The molecule has 0 radical (unpaired) electrons. The average molecular weight is 461 g/mol. The molecule has 1 N–H and O–H groups in total. The van der Waals surface area contributed by atoms with Crippen LogP contribution in [0.3, 0.4) is 0 Å². The van der Waals surface area contributed by atoms with Crippen LogP contribution >= 0.6 is 0 Å². The van der Waals surface area contributed by atoms with Gasteiger partial charge >= 0.3 is 0 Å². The number of aromatic nitrogens is 2. The lowest BCUT2D eigenvalue weighted by molar-refractivity contribution is 0.0883. The summed E-state index contributed by atoms with van der Waals surface area (Å²) in [6.45, 7) is 7.48. The summed E-state index contributed by atoms with van der Waals surface area (Å²) >= 11 is 0. The number of hydrogen-bond acceptors (Lipinski definition) is 7. The lowest BCUT2D eigenvalue weighted by atomic mass is 9.90. The van der Waals surface area contributed by atoms with Crippen LogP contribution in [0, 0.1) is 5.92 Å². The van der Waals surface area contributed by atoms with Crippen molar-refractivity contribution < 1.29 is 13.9 Å². The molecule has 2 aromatic heterocycles. The maximum absolute atomic E-state index is 6.31. The number of fused-ring (bicyclic) bond motifs is 2. The van der Waals surface area contributed by atoms with Crippen molar-refractivity contribution in [1.82, 2.24) is 14.9 Å². The van der Waals surface area contributed by atoms with Gasteiger partial charge in [0.1, 0.15) is 17.7 Å². The Bertz CT molecular complexity index is 1270. The second-order valence-corrected chi connectivity index (χ2v) is 8.90. The van der Waals surface area contributed by atoms with E-state index in [9.17, 15) is 0 Å². The van der Waals surface area contributed by atoms with Crippen LogP contribution in [-0.2, 0) is 0 Å². The average Bonchev–Trinajstić information content (AvgIpc) is 3.37. The molecule has 2 atom stereocenters. The maximum atomic E-state index is 6.31. The van der Waals surface area contributed by atoms with Gasteiger partial charge in [-0.05, 0) is 62.5 Å². The monoisotopic (exact) mass is 460 g/mol. The molecule has 34 heavy (non-hydrogen) atoms. The second kappa shape index (κ2) is 9.89. The molecule has 0 amide bonds. The van der Waals surface area contributed by atoms with Gasteiger partial charge in [0, 0.05) is 22.9 Å². The highest BCUT2D eigenvalue weighted by molar-refractivity contribution is 5.97. The fraction of sp³-hybridized carbons (Fsp3) is 0.407. The van der Waals surface area contributed by atoms with E-state index in [2.05, 4.69) is 34.0 Å². The summed E-state index contributed by atoms with van der Waals surface area (Å²) in [6, 6.07) is 12.4. The van der Waals surface area contributed by atoms with E-state index in [1.807, 2.05) is 36.4 Å². The van der Waals surface area contributed by atoms with E-state index in [1.165, 1.54) is 12.8 Å². The lowest BCUT2D eigenvalue weighted by Crippen LogP contribution is -2.43. The number of rotatable bonds is 8. The molecule has 4 aromatic rings. The fourth-order valence-corrected chi connectivity index (χ4v) is 5.05. The van der Waals surface area contributed by atoms with Gasteiger partial charge in [-0.2, -0.15) is 0 Å². The van der Waals surface area contributed by atoms with Crippen LogP contribution in [0.1, 0.15) is 33.1 Å². The van der Waals surface area contributed by atoms with Crippen molar-refractivity contribution in [3.8, 4) is 11.5 Å². The van der Waals surface area contributed by atoms with E-state index in [0.29, 0.717) is 30.1 Å². The minimum atomic E-state index is 0.547. The fourth-order valence-electron chi connectivity index (χ4n) is 5.05. The highest BCUT2D eigenvalue weighted by Gasteiger charge is 2.27. The van der Waals surface area contributed by atoms with Gasteiger partial charge in [-0.1, -0.05) is 19.9 Å². The number of ether oxygens (including phenoxy) is 2. The van der Waals surface area contributed by atoms with Gasteiger partial charge in [0.2, 0.25) is 0 Å². The molecule has 2 unspecified atom stereocenters. The molecule has 5 rings (SSSR count). The van der Waals surface area contributed by atoms with E-state index in [1.54, 1.807) is 19.7 Å². The Balaban J connectivity index is 1.38. The number of hydrogen-bond donors (Lipinski definition) is 1. The van der Waals surface area contributed by atoms with Gasteiger partial charge in [0.25, 0.3) is 0 Å². The highest BCUT2D eigenvalue weighted by atomic mass is 16.5. The molecule has 7 nitrogen and oxygen atoms in total. The molecule has 1 fully saturated rings. The first-order valence-corrected chi connectivity index (χ1v) is 12.1. The minimum absolute atomic E-state index is 0.547. The molecule has 1 aliphatic rings. The summed E-state index contributed by atoms with van der Waals surface area (Å²) in [5.74, 6) is 2.67. The largest absolute Gasteiger partial charge is 0.493 e. The van der Waals surface area contributed by atoms with Crippen molar-refractivity contribution >= 4 is 33.4 Å². The van der Waals surface area contributed by atoms with Crippen LogP contribution in [0.25, 0.3) is 21.9 Å². The Hall–Kier alpha value is -3.32. The smallest absolute Gasteiger partial charge is 0.163 e. The summed E-state index contributed by atoms with van der Waals surface area (Å²) in [4.78, 5) is 11.6. The Morgan fingerprint density at radius 3 is 2.85 bits per heavy atom. The molecule has 178 valence electrons. The number of nitrogens with zero attached hydrogens (tertiary/aromatic N) is 3. The molecule has 0 saturated carbocycles. The number of methoxy groups -OCH3 is 1. The maximum Gasteiger partial charge on any atom is 0.163 e. The van der Waals surface area contributed by atoms with E-state index in [4.69, 9.17) is 13.9 Å². The number of anilines is 2. The first kappa shape index (κ1) is 22.5. The quantitative estimate of drug-likeness (QED) is 0.345. The molecule has 0 spiro atoms. The summed E-state index contributed by atoms with van der Waals surface area (Å²) < 4.78 is 17.5. The minimum Gasteiger partial charge on any atom is -0.493 e. The van der Waals surface area contributed by atoms with Crippen molar-refractivity contribution in [3.63, 3.8) is 0 Å². The third-order valence-corrected chi connectivity index (χ3v) is 6.97. The molecule has 1 aliphatic heterocycles. The number of likely N-dealkylation sites (tertiary alicyclic amines) is 1. The summed E-state index contributed by atoms with van der Waals surface area (Å²) in [5, 5.41) is 5.31. The first-order chi connectivity index (χ1) is 16.7. The number of furan rings is 1. The number of piperidine rings is 1. The Kier molecular flexibility index (Phi) is 6.54. The van der Waals surface area contributed by atoms with Crippen molar-refractivity contribution in [2.75, 3.05) is 32.1 Å². The predicted octanol–water partition coefficient (Wildman–Crippen LogP) is 6.02. The first-order valence-electron chi connectivity index (χ1n) is 12.1. The Morgan fingerprint density at radius 2 is 2.03 bits per heavy atom. The molecular formula is C27H32N4O3. The van der Waals surface area contributed by atoms with Crippen molar-refractivity contribution in [2.45, 2.75) is 39.2 Å². The van der Waals surface area contributed by atoms with Crippen LogP contribution < -0.4 is 14.8 Å². The Morgan fingerprint density at radius 1 is 1.12 bits per heavy atom. The standard InChI is InChI=1S/C27H32N4O3/c1-4-19-13-18(9-11-31(19)5-2)16-34-26-15-23-21(14-25(26)32-3)27(29-17-28-23)30-22-7-6-8-24-20(22)10-12-33-24/h6-8,10,12,14-15,17-19H,4-5,9,11,13,16H2,1-3H3,(H,28,29,30). The van der Waals surface area contributed by atoms with E-state index < -0.39 is 0 Å². The second-order valence-electron chi connectivity index (χ2n) is 8.90. The van der Waals surface area contributed by atoms with Crippen LogP contribution in [0.4, 0.5) is 11.5 Å². The molecule has 0 bridgehead atoms. The Labute approximate surface area is 200 Å². The zero-order valence-electron chi connectivity index (χ0n) is 20.1. The molecule has 0 aliphatic carbocycles. The van der Waals surface area contributed by atoms with Gasteiger partial charge in [0.15, 0.2) is 11.5 Å². The highest BCUT2D eigenvalue weighted by Crippen LogP contribution is 2.36. The van der Waals surface area contributed by atoms with Gasteiger partial charge in [-0.25, -0.2) is 9.97 Å². The zero-order valence-corrected chi connectivity index (χ0v) is 20.1. The van der Waals surface area contributed by atoms with Gasteiger partial charge in [-0.3, -0.25) is 0 Å².